The number of thioether (sulfide) groups is 1. The number of pyridine rings is 1. The molecule has 3 rings (SSSR count). The fraction of sp³-hybridized carbons (Fsp3) is 0.200. The molecule has 0 spiro atoms. The van der Waals surface area contributed by atoms with Gasteiger partial charge in [-0.25, -0.2) is 4.98 Å². The van der Waals surface area contributed by atoms with Crippen LogP contribution in [-0.4, -0.2) is 23.3 Å². The van der Waals surface area contributed by atoms with E-state index in [2.05, 4.69) is 41.4 Å². The Morgan fingerprint density at radius 3 is 2.90 bits per heavy atom. The van der Waals surface area contributed by atoms with Gasteiger partial charge in [0.25, 0.3) is 0 Å². The van der Waals surface area contributed by atoms with Gasteiger partial charge in [0, 0.05) is 18.1 Å². The molecule has 102 valence electrons. The summed E-state index contributed by atoms with van der Waals surface area (Å²) in [6.45, 7) is 0.774. The number of benzene rings is 1. The van der Waals surface area contributed by atoms with Crippen molar-refractivity contribution in [2.75, 3.05) is 18.2 Å². The van der Waals surface area contributed by atoms with Gasteiger partial charge in [-0.2, -0.15) is 0 Å². The molecule has 5 heteroatoms. The van der Waals surface area contributed by atoms with Crippen molar-refractivity contribution < 1.29 is 0 Å². The number of hydrogen-bond donors (Lipinski definition) is 0. The molecule has 0 bridgehead atoms. The van der Waals surface area contributed by atoms with E-state index in [1.165, 1.54) is 9.60 Å². The first-order valence-electron chi connectivity index (χ1n) is 6.32. The highest BCUT2D eigenvalue weighted by Crippen LogP contribution is 2.31. The van der Waals surface area contributed by atoms with E-state index in [0.29, 0.717) is 0 Å². The Morgan fingerprint density at radius 2 is 2.15 bits per heavy atom. The Balaban J connectivity index is 1.86. The molecule has 0 unspecified atom stereocenters. The maximum absolute atomic E-state index is 4.69. The lowest BCUT2D eigenvalue weighted by Gasteiger charge is -2.14. The summed E-state index contributed by atoms with van der Waals surface area (Å²) in [6, 6.07) is 12.4. The van der Waals surface area contributed by atoms with Gasteiger partial charge in [0.1, 0.15) is 0 Å². The first-order chi connectivity index (χ1) is 9.76. The van der Waals surface area contributed by atoms with Crippen molar-refractivity contribution in [3.63, 3.8) is 0 Å². The summed E-state index contributed by atoms with van der Waals surface area (Å²) in [5.41, 5.74) is 2.12. The number of hydrogen-bond acceptors (Lipinski definition) is 5. The van der Waals surface area contributed by atoms with Gasteiger partial charge in [0.05, 0.1) is 22.5 Å². The minimum atomic E-state index is 0.774. The van der Waals surface area contributed by atoms with Crippen molar-refractivity contribution in [3.05, 3.63) is 48.3 Å². The number of anilines is 1. The van der Waals surface area contributed by atoms with Gasteiger partial charge in [-0.15, -0.1) is 11.8 Å². The van der Waals surface area contributed by atoms with Gasteiger partial charge in [-0.05, 0) is 36.6 Å². The Bertz CT molecular complexity index is 709. The van der Waals surface area contributed by atoms with E-state index in [1.807, 2.05) is 24.4 Å². The van der Waals surface area contributed by atoms with Crippen LogP contribution < -0.4 is 4.90 Å². The van der Waals surface area contributed by atoms with Crippen LogP contribution in [0.2, 0.25) is 0 Å². The standard InChI is InChI=1S/C15H15N3S2/c1-18(10-11-5-3-4-8-16-11)15-17-13-7-6-12(19-2)9-14(13)20-15/h3-9H,10H2,1-2H3. The quantitative estimate of drug-likeness (QED) is 0.680. The second kappa shape index (κ2) is 5.81. The summed E-state index contributed by atoms with van der Waals surface area (Å²) in [5, 5.41) is 1.03. The minimum Gasteiger partial charge on any atom is -0.345 e. The molecule has 0 aliphatic rings. The van der Waals surface area contributed by atoms with Crippen molar-refractivity contribution in [3.8, 4) is 0 Å². The minimum absolute atomic E-state index is 0.774. The van der Waals surface area contributed by atoms with Gasteiger partial charge < -0.3 is 4.90 Å². The fourth-order valence-electron chi connectivity index (χ4n) is 1.99. The molecule has 0 saturated carbocycles. The van der Waals surface area contributed by atoms with E-state index in [0.717, 1.165) is 22.9 Å². The van der Waals surface area contributed by atoms with Crippen LogP contribution in [0.3, 0.4) is 0 Å². The second-order valence-corrected chi connectivity index (χ2v) is 6.40. The molecule has 0 radical (unpaired) electrons. The Labute approximate surface area is 126 Å². The zero-order valence-electron chi connectivity index (χ0n) is 11.4. The molecule has 1 aromatic carbocycles. The van der Waals surface area contributed by atoms with Crippen LogP contribution in [0, 0.1) is 0 Å². The van der Waals surface area contributed by atoms with Crippen molar-refractivity contribution in [1.29, 1.82) is 0 Å². The molecule has 0 amide bonds. The molecule has 0 aliphatic heterocycles. The third-order valence-electron chi connectivity index (χ3n) is 3.04. The smallest absolute Gasteiger partial charge is 0.186 e. The van der Waals surface area contributed by atoms with Crippen LogP contribution in [0.15, 0.2) is 47.5 Å². The van der Waals surface area contributed by atoms with E-state index in [-0.39, 0.29) is 0 Å². The molecule has 0 atom stereocenters. The number of rotatable bonds is 4. The van der Waals surface area contributed by atoms with Gasteiger partial charge in [-0.1, -0.05) is 17.4 Å². The molecular weight excluding hydrogens is 286 g/mol. The maximum Gasteiger partial charge on any atom is 0.186 e. The summed E-state index contributed by atoms with van der Waals surface area (Å²) >= 11 is 3.49. The highest BCUT2D eigenvalue weighted by atomic mass is 32.2. The molecule has 20 heavy (non-hydrogen) atoms. The molecule has 0 aliphatic carbocycles. The second-order valence-electron chi connectivity index (χ2n) is 4.51. The van der Waals surface area contributed by atoms with Gasteiger partial charge in [0.2, 0.25) is 0 Å². The predicted octanol–water partition coefficient (Wildman–Crippen LogP) is 4.05. The van der Waals surface area contributed by atoms with Crippen molar-refractivity contribution >= 4 is 38.4 Å². The van der Waals surface area contributed by atoms with Crippen LogP contribution in [0.4, 0.5) is 5.13 Å². The zero-order chi connectivity index (χ0) is 13.9. The first-order valence-corrected chi connectivity index (χ1v) is 8.36. The zero-order valence-corrected chi connectivity index (χ0v) is 13.0. The van der Waals surface area contributed by atoms with Crippen LogP contribution in [0.25, 0.3) is 10.2 Å². The van der Waals surface area contributed by atoms with Gasteiger partial charge >= 0.3 is 0 Å². The topological polar surface area (TPSA) is 29.0 Å². The number of nitrogens with zero attached hydrogens (tertiary/aromatic N) is 3. The Kier molecular flexibility index (Phi) is 3.89. The third kappa shape index (κ3) is 2.78. The van der Waals surface area contributed by atoms with Gasteiger partial charge in [0.15, 0.2) is 5.13 Å². The maximum atomic E-state index is 4.69. The average molecular weight is 301 g/mol. The van der Waals surface area contributed by atoms with Crippen LogP contribution in [0.1, 0.15) is 5.69 Å². The van der Waals surface area contributed by atoms with Crippen molar-refractivity contribution in [2.24, 2.45) is 0 Å². The normalized spacial score (nSPS) is 10.9. The van der Waals surface area contributed by atoms with Crippen molar-refractivity contribution in [2.45, 2.75) is 11.4 Å². The molecule has 3 aromatic rings. The van der Waals surface area contributed by atoms with Gasteiger partial charge in [-0.3, -0.25) is 4.98 Å². The SMILES string of the molecule is CSc1ccc2nc(N(C)Cc3ccccn3)sc2c1. The molecule has 0 fully saturated rings. The third-order valence-corrected chi connectivity index (χ3v) is 4.89. The van der Waals surface area contributed by atoms with E-state index in [1.54, 1.807) is 23.1 Å². The summed E-state index contributed by atoms with van der Waals surface area (Å²) in [4.78, 5) is 12.5. The number of fused-ring (bicyclic) bond motifs is 1. The monoisotopic (exact) mass is 301 g/mol. The largest absolute Gasteiger partial charge is 0.345 e. The van der Waals surface area contributed by atoms with E-state index in [4.69, 9.17) is 4.98 Å². The molecule has 2 heterocycles. The Hall–Kier alpha value is -1.59. The molecule has 2 aromatic heterocycles. The average Bonchev–Trinajstić information content (AvgIpc) is 2.91. The Morgan fingerprint density at radius 1 is 1.25 bits per heavy atom. The van der Waals surface area contributed by atoms with E-state index >= 15 is 0 Å². The van der Waals surface area contributed by atoms with Crippen molar-refractivity contribution in [1.82, 2.24) is 9.97 Å². The van der Waals surface area contributed by atoms with Crippen LogP contribution in [0.5, 0.6) is 0 Å². The van der Waals surface area contributed by atoms with E-state index in [9.17, 15) is 0 Å². The lowest BCUT2D eigenvalue weighted by molar-refractivity contribution is 0.881. The molecule has 3 nitrogen and oxygen atoms in total. The molecule has 0 saturated heterocycles. The number of aromatic nitrogens is 2. The number of thiazole rings is 1. The van der Waals surface area contributed by atoms with Crippen LogP contribution in [-0.2, 0) is 6.54 Å². The van der Waals surface area contributed by atoms with E-state index < -0.39 is 0 Å². The summed E-state index contributed by atoms with van der Waals surface area (Å²) in [6.07, 6.45) is 3.92. The first kappa shape index (κ1) is 13.4. The summed E-state index contributed by atoms with van der Waals surface area (Å²) < 4.78 is 1.24. The molecule has 0 N–H and O–H groups in total. The fourth-order valence-corrected chi connectivity index (χ4v) is 3.46. The lowest BCUT2D eigenvalue weighted by Crippen LogP contribution is -2.16. The lowest BCUT2D eigenvalue weighted by atomic mass is 10.3. The van der Waals surface area contributed by atoms with Crippen LogP contribution >= 0.6 is 23.1 Å². The predicted molar refractivity (Wildman–Crippen MR) is 87.7 cm³/mol. The summed E-state index contributed by atoms with van der Waals surface area (Å²) in [7, 11) is 2.06. The summed E-state index contributed by atoms with van der Waals surface area (Å²) in [5.74, 6) is 0. The highest BCUT2D eigenvalue weighted by molar-refractivity contribution is 7.98. The highest BCUT2D eigenvalue weighted by Gasteiger charge is 2.09. The molecular formula is C15H15N3S2.